The van der Waals surface area contributed by atoms with E-state index in [9.17, 15) is 9.59 Å². The fourth-order valence-electron chi connectivity index (χ4n) is 1.74. The molecule has 1 fully saturated rings. The first-order valence-electron chi connectivity index (χ1n) is 4.97. The van der Waals surface area contributed by atoms with Gasteiger partial charge in [-0.05, 0) is 18.8 Å². The second-order valence-corrected chi connectivity index (χ2v) is 3.66. The lowest BCUT2D eigenvalue weighted by Crippen LogP contribution is -2.48. The van der Waals surface area contributed by atoms with Crippen LogP contribution in [0.2, 0.25) is 0 Å². The van der Waals surface area contributed by atoms with Gasteiger partial charge in [0.05, 0.1) is 0 Å². The summed E-state index contributed by atoms with van der Waals surface area (Å²) in [5.74, 6) is 4.08. The van der Waals surface area contributed by atoms with E-state index < -0.39 is 11.8 Å². The number of likely N-dealkylation sites (tertiary alicyclic amines) is 1. The minimum absolute atomic E-state index is 0.486. The number of nitrogens with zero attached hydrogens (tertiary/aromatic N) is 1. The van der Waals surface area contributed by atoms with Crippen molar-refractivity contribution in [3.05, 3.63) is 0 Å². The molecule has 0 saturated carbocycles. The highest BCUT2D eigenvalue weighted by atomic mass is 16.5. The molecule has 86 valence electrons. The van der Waals surface area contributed by atoms with Crippen molar-refractivity contribution in [2.75, 3.05) is 26.8 Å². The summed E-state index contributed by atoms with van der Waals surface area (Å²) < 4.78 is 5.04. The summed E-state index contributed by atoms with van der Waals surface area (Å²) in [4.78, 5) is 23.9. The molecule has 6 nitrogen and oxygen atoms in total. The number of ether oxygens (including phenoxy) is 1. The van der Waals surface area contributed by atoms with Crippen LogP contribution in [0.1, 0.15) is 12.8 Å². The number of hydrogen-bond acceptors (Lipinski definition) is 4. The molecule has 1 aliphatic rings. The number of rotatable bonds is 2. The van der Waals surface area contributed by atoms with Crippen molar-refractivity contribution in [2.45, 2.75) is 12.8 Å². The standard InChI is InChI=1S/C9H17N3O3/c1-15-6-7-2-4-12(5-3-7)9(14)8(13)11-10/h7H,2-6,10H2,1H3,(H,11,13). The number of hydrogen-bond donors (Lipinski definition) is 2. The quantitative estimate of drug-likeness (QED) is 0.264. The van der Waals surface area contributed by atoms with Crippen LogP contribution in [0.15, 0.2) is 0 Å². The smallest absolute Gasteiger partial charge is 0.323 e. The first-order chi connectivity index (χ1) is 7.19. The monoisotopic (exact) mass is 215 g/mol. The van der Waals surface area contributed by atoms with Crippen molar-refractivity contribution in [3.63, 3.8) is 0 Å². The zero-order valence-electron chi connectivity index (χ0n) is 8.86. The van der Waals surface area contributed by atoms with E-state index in [2.05, 4.69) is 0 Å². The van der Waals surface area contributed by atoms with Gasteiger partial charge in [-0.15, -0.1) is 0 Å². The zero-order chi connectivity index (χ0) is 11.3. The Labute approximate surface area is 88.7 Å². The predicted octanol–water partition coefficient (Wildman–Crippen LogP) is -1.14. The van der Waals surface area contributed by atoms with Gasteiger partial charge in [0.1, 0.15) is 0 Å². The van der Waals surface area contributed by atoms with Gasteiger partial charge >= 0.3 is 11.8 Å². The average Bonchev–Trinajstić information content (AvgIpc) is 2.28. The molecule has 0 aromatic heterocycles. The number of carbonyl (C=O) groups is 2. The van der Waals surface area contributed by atoms with E-state index in [1.165, 1.54) is 4.90 Å². The summed E-state index contributed by atoms with van der Waals surface area (Å²) in [6, 6.07) is 0. The molecule has 0 atom stereocenters. The number of nitrogens with two attached hydrogens (primary N) is 1. The number of amides is 2. The first-order valence-corrected chi connectivity index (χ1v) is 4.97. The van der Waals surface area contributed by atoms with Gasteiger partial charge in [-0.2, -0.15) is 0 Å². The molecule has 1 saturated heterocycles. The molecule has 0 radical (unpaired) electrons. The number of nitrogens with one attached hydrogen (secondary N) is 1. The summed E-state index contributed by atoms with van der Waals surface area (Å²) in [5, 5.41) is 0. The first kappa shape index (κ1) is 11.9. The van der Waals surface area contributed by atoms with E-state index in [-0.39, 0.29) is 0 Å². The van der Waals surface area contributed by atoms with Gasteiger partial charge in [0.25, 0.3) is 0 Å². The summed E-state index contributed by atoms with van der Waals surface area (Å²) in [6.45, 7) is 1.91. The number of hydrazine groups is 1. The molecule has 1 heterocycles. The Balaban J connectivity index is 2.37. The van der Waals surface area contributed by atoms with Crippen molar-refractivity contribution < 1.29 is 14.3 Å². The fraction of sp³-hybridized carbons (Fsp3) is 0.778. The number of carbonyl (C=O) groups excluding carboxylic acids is 2. The Bertz CT molecular complexity index is 237. The van der Waals surface area contributed by atoms with E-state index in [0.717, 1.165) is 12.8 Å². The molecule has 0 aliphatic carbocycles. The van der Waals surface area contributed by atoms with E-state index in [1.807, 2.05) is 5.43 Å². The van der Waals surface area contributed by atoms with Gasteiger partial charge in [-0.25, -0.2) is 5.84 Å². The number of methoxy groups -OCH3 is 1. The molecule has 3 N–H and O–H groups in total. The fourth-order valence-corrected chi connectivity index (χ4v) is 1.74. The lowest BCUT2D eigenvalue weighted by molar-refractivity contribution is -0.146. The lowest BCUT2D eigenvalue weighted by Gasteiger charge is -2.30. The third kappa shape index (κ3) is 3.17. The molecule has 2 amide bonds. The second kappa shape index (κ2) is 5.67. The third-order valence-corrected chi connectivity index (χ3v) is 2.63. The van der Waals surface area contributed by atoms with E-state index in [1.54, 1.807) is 7.11 Å². The van der Waals surface area contributed by atoms with Gasteiger partial charge < -0.3 is 9.64 Å². The Morgan fingerprint density at radius 2 is 2.07 bits per heavy atom. The van der Waals surface area contributed by atoms with Crippen LogP contribution in [0.4, 0.5) is 0 Å². The topological polar surface area (TPSA) is 84.7 Å². The average molecular weight is 215 g/mol. The van der Waals surface area contributed by atoms with Crippen LogP contribution in [-0.2, 0) is 14.3 Å². The van der Waals surface area contributed by atoms with Gasteiger partial charge in [0, 0.05) is 26.8 Å². The maximum atomic E-state index is 11.4. The van der Waals surface area contributed by atoms with Crippen LogP contribution in [0.3, 0.4) is 0 Å². The van der Waals surface area contributed by atoms with Crippen LogP contribution in [-0.4, -0.2) is 43.5 Å². The van der Waals surface area contributed by atoms with Gasteiger partial charge in [0.15, 0.2) is 0 Å². The van der Waals surface area contributed by atoms with Crippen molar-refractivity contribution >= 4 is 11.8 Å². The van der Waals surface area contributed by atoms with E-state index >= 15 is 0 Å². The Morgan fingerprint density at radius 1 is 1.47 bits per heavy atom. The molecule has 1 aliphatic heterocycles. The van der Waals surface area contributed by atoms with Gasteiger partial charge in [-0.3, -0.25) is 15.0 Å². The van der Waals surface area contributed by atoms with Crippen molar-refractivity contribution in [1.82, 2.24) is 10.3 Å². The van der Waals surface area contributed by atoms with Crippen LogP contribution < -0.4 is 11.3 Å². The SMILES string of the molecule is COCC1CCN(C(=O)C(=O)NN)CC1. The molecule has 15 heavy (non-hydrogen) atoms. The highest BCUT2D eigenvalue weighted by Crippen LogP contribution is 2.17. The van der Waals surface area contributed by atoms with Gasteiger partial charge in [-0.1, -0.05) is 0 Å². The second-order valence-electron chi connectivity index (χ2n) is 3.66. The molecule has 6 heteroatoms. The van der Waals surface area contributed by atoms with Crippen LogP contribution in [0.25, 0.3) is 0 Å². The highest BCUT2D eigenvalue weighted by Gasteiger charge is 2.26. The van der Waals surface area contributed by atoms with Crippen LogP contribution in [0.5, 0.6) is 0 Å². The summed E-state index contributed by atoms with van der Waals surface area (Å²) >= 11 is 0. The molecule has 0 unspecified atom stereocenters. The van der Waals surface area contributed by atoms with E-state index in [4.69, 9.17) is 10.6 Å². The normalized spacial score (nSPS) is 17.6. The van der Waals surface area contributed by atoms with Crippen molar-refractivity contribution in [3.8, 4) is 0 Å². The zero-order valence-corrected chi connectivity index (χ0v) is 8.86. The highest BCUT2D eigenvalue weighted by molar-refractivity contribution is 6.34. The molecule has 0 aromatic rings. The molecule has 0 bridgehead atoms. The molecule has 0 spiro atoms. The maximum Gasteiger partial charge on any atom is 0.323 e. The summed E-state index contributed by atoms with van der Waals surface area (Å²) in [7, 11) is 1.67. The van der Waals surface area contributed by atoms with Crippen molar-refractivity contribution in [1.29, 1.82) is 0 Å². The van der Waals surface area contributed by atoms with Crippen LogP contribution in [0, 0.1) is 5.92 Å². The van der Waals surface area contributed by atoms with Crippen molar-refractivity contribution in [2.24, 2.45) is 11.8 Å². The lowest BCUT2D eigenvalue weighted by atomic mass is 9.98. The predicted molar refractivity (Wildman–Crippen MR) is 53.5 cm³/mol. The molecular weight excluding hydrogens is 198 g/mol. The van der Waals surface area contributed by atoms with Gasteiger partial charge in [0.2, 0.25) is 0 Å². The third-order valence-electron chi connectivity index (χ3n) is 2.63. The maximum absolute atomic E-state index is 11.4. The Morgan fingerprint density at radius 3 is 2.53 bits per heavy atom. The molecule has 0 aromatic carbocycles. The summed E-state index contributed by atoms with van der Waals surface area (Å²) in [5.41, 5.74) is 1.84. The molecule has 1 rings (SSSR count). The number of piperidine rings is 1. The minimum Gasteiger partial charge on any atom is -0.384 e. The van der Waals surface area contributed by atoms with Crippen LogP contribution >= 0.6 is 0 Å². The Kier molecular flexibility index (Phi) is 4.51. The van der Waals surface area contributed by atoms with E-state index in [0.29, 0.717) is 25.6 Å². The largest absolute Gasteiger partial charge is 0.384 e. The minimum atomic E-state index is -0.750. The molecular formula is C9H17N3O3. The summed E-state index contributed by atoms with van der Waals surface area (Å²) in [6.07, 6.45) is 1.74. The Hall–Kier alpha value is -1.14.